The number of hydrogen-bond acceptors (Lipinski definition) is 4. The van der Waals surface area contributed by atoms with E-state index >= 15 is 0 Å². The summed E-state index contributed by atoms with van der Waals surface area (Å²) in [5.41, 5.74) is 6.44. The topological polar surface area (TPSA) is 69.4 Å². The second-order valence-electron chi connectivity index (χ2n) is 2.46. The van der Waals surface area contributed by atoms with Crippen LogP contribution < -0.4 is 10.5 Å². The summed E-state index contributed by atoms with van der Waals surface area (Å²) in [5, 5.41) is 0. The van der Waals surface area contributed by atoms with E-state index < -0.39 is 0 Å². The number of nitrogens with two attached hydrogens (primary N) is 1. The number of benzene rings is 1. The molecule has 0 bridgehead atoms. The monoisotopic (exact) mass is 179 g/mol. The van der Waals surface area contributed by atoms with Crippen LogP contribution in [0.3, 0.4) is 0 Å². The van der Waals surface area contributed by atoms with Crippen molar-refractivity contribution in [1.29, 1.82) is 0 Å². The lowest BCUT2D eigenvalue weighted by molar-refractivity contribution is 0.112. The van der Waals surface area contributed by atoms with Gasteiger partial charge in [0.15, 0.2) is 6.29 Å². The highest BCUT2D eigenvalue weighted by Gasteiger charge is 2.06. The van der Waals surface area contributed by atoms with E-state index in [1.807, 2.05) is 0 Å². The minimum absolute atomic E-state index is 0.253. The van der Waals surface area contributed by atoms with E-state index in [2.05, 4.69) is 0 Å². The van der Waals surface area contributed by atoms with Crippen molar-refractivity contribution in [2.75, 3.05) is 12.8 Å². The summed E-state index contributed by atoms with van der Waals surface area (Å²) in [5.74, 6) is 0.340. The first-order valence-corrected chi connectivity index (χ1v) is 3.60. The Balaban J connectivity index is 3.36. The lowest BCUT2D eigenvalue weighted by atomic mass is 10.1. The Labute approximate surface area is 75.3 Å². The predicted molar refractivity (Wildman–Crippen MR) is 48.2 cm³/mol. The van der Waals surface area contributed by atoms with Gasteiger partial charge in [0.2, 0.25) is 0 Å². The molecule has 0 saturated carbocycles. The van der Waals surface area contributed by atoms with E-state index in [-0.39, 0.29) is 11.3 Å². The van der Waals surface area contributed by atoms with Crippen LogP contribution in [0, 0.1) is 0 Å². The summed E-state index contributed by atoms with van der Waals surface area (Å²) in [6, 6.07) is 2.90. The molecular formula is C9H9NO3. The van der Waals surface area contributed by atoms with Crippen LogP contribution in [0.15, 0.2) is 12.1 Å². The number of ether oxygens (including phenoxy) is 1. The first-order valence-electron chi connectivity index (χ1n) is 3.60. The van der Waals surface area contributed by atoms with Crippen LogP contribution in [0.2, 0.25) is 0 Å². The maximum Gasteiger partial charge on any atom is 0.152 e. The zero-order valence-electron chi connectivity index (χ0n) is 7.11. The first kappa shape index (κ1) is 9.25. The minimum Gasteiger partial charge on any atom is -0.495 e. The Morgan fingerprint density at radius 1 is 1.31 bits per heavy atom. The van der Waals surface area contributed by atoms with Crippen molar-refractivity contribution in [2.45, 2.75) is 0 Å². The van der Waals surface area contributed by atoms with Crippen LogP contribution >= 0.6 is 0 Å². The number of hydrogen-bond donors (Lipinski definition) is 1. The molecule has 0 aromatic heterocycles. The molecule has 4 nitrogen and oxygen atoms in total. The number of anilines is 1. The number of carbonyl (C=O) groups is 2. The Hall–Kier alpha value is -1.84. The summed E-state index contributed by atoms with van der Waals surface area (Å²) in [7, 11) is 1.43. The van der Waals surface area contributed by atoms with Gasteiger partial charge in [0.25, 0.3) is 0 Å². The second kappa shape index (κ2) is 3.71. The van der Waals surface area contributed by atoms with Gasteiger partial charge < -0.3 is 10.5 Å². The fourth-order valence-electron chi connectivity index (χ4n) is 1.00. The van der Waals surface area contributed by atoms with Crippen molar-refractivity contribution in [1.82, 2.24) is 0 Å². The molecule has 0 spiro atoms. The normalized spacial score (nSPS) is 9.31. The largest absolute Gasteiger partial charge is 0.495 e. The smallest absolute Gasteiger partial charge is 0.152 e. The van der Waals surface area contributed by atoms with E-state index in [1.165, 1.54) is 19.2 Å². The van der Waals surface area contributed by atoms with Gasteiger partial charge >= 0.3 is 0 Å². The summed E-state index contributed by atoms with van der Waals surface area (Å²) in [4.78, 5) is 21.0. The number of carbonyl (C=O) groups excluding carboxylic acids is 2. The molecule has 0 atom stereocenters. The van der Waals surface area contributed by atoms with E-state index in [4.69, 9.17) is 10.5 Å². The number of methoxy groups -OCH3 is 1. The Morgan fingerprint density at radius 3 is 2.46 bits per heavy atom. The predicted octanol–water partition coefficient (Wildman–Crippen LogP) is 0.902. The molecule has 2 N–H and O–H groups in total. The van der Waals surface area contributed by atoms with Crippen LogP contribution in [0.4, 0.5) is 5.69 Å². The molecule has 0 unspecified atom stereocenters. The molecule has 0 aliphatic carbocycles. The van der Waals surface area contributed by atoms with Gasteiger partial charge in [-0.1, -0.05) is 0 Å². The highest BCUT2D eigenvalue weighted by Crippen LogP contribution is 2.25. The summed E-state index contributed by atoms with van der Waals surface area (Å²) in [6.07, 6.45) is 1.22. The van der Waals surface area contributed by atoms with Crippen molar-refractivity contribution in [3.05, 3.63) is 23.3 Å². The molecule has 0 aliphatic rings. The SMILES string of the molecule is COc1cc(C=O)cc(C=O)c1N. The van der Waals surface area contributed by atoms with Crippen LogP contribution in [0.25, 0.3) is 0 Å². The van der Waals surface area contributed by atoms with Gasteiger partial charge in [-0.25, -0.2) is 0 Å². The first-order chi connectivity index (χ1) is 6.22. The lowest BCUT2D eigenvalue weighted by Crippen LogP contribution is -1.99. The van der Waals surface area contributed by atoms with Crippen molar-refractivity contribution in [3.63, 3.8) is 0 Å². The van der Waals surface area contributed by atoms with Gasteiger partial charge in [-0.2, -0.15) is 0 Å². The zero-order valence-corrected chi connectivity index (χ0v) is 7.11. The van der Waals surface area contributed by atoms with Crippen molar-refractivity contribution < 1.29 is 14.3 Å². The maximum absolute atomic E-state index is 10.5. The molecule has 1 aromatic rings. The van der Waals surface area contributed by atoms with Gasteiger partial charge in [-0.15, -0.1) is 0 Å². The van der Waals surface area contributed by atoms with Crippen molar-refractivity contribution in [2.24, 2.45) is 0 Å². The van der Waals surface area contributed by atoms with Gasteiger partial charge in [-0.05, 0) is 12.1 Å². The quantitative estimate of drug-likeness (QED) is 0.553. The van der Waals surface area contributed by atoms with Crippen LogP contribution in [-0.4, -0.2) is 19.7 Å². The fourth-order valence-corrected chi connectivity index (χ4v) is 1.00. The third kappa shape index (κ3) is 1.66. The van der Waals surface area contributed by atoms with Gasteiger partial charge in [0, 0.05) is 11.1 Å². The average molecular weight is 179 g/mol. The van der Waals surface area contributed by atoms with E-state index in [0.29, 0.717) is 23.9 Å². The molecule has 68 valence electrons. The molecule has 4 heteroatoms. The lowest BCUT2D eigenvalue weighted by Gasteiger charge is -2.06. The highest BCUT2D eigenvalue weighted by atomic mass is 16.5. The summed E-state index contributed by atoms with van der Waals surface area (Å²) >= 11 is 0. The Morgan fingerprint density at radius 2 is 2.00 bits per heavy atom. The van der Waals surface area contributed by atoms with Gasteiger partial charge in [-0.3, -0.25) is 9.59 Å². The molecule has 0 amide bonds. The molecule has 13 heavy (non-hydrogen) atoms. The van der Waals surface area contributed by atoms with Crippen LogP contribution in [0.5, 0.6) is 5.75 Å². The third-order valence-electron chi connectivity index (χ3n) is 1.68. The molecule has 0 aliphatic heterocycles. The average Bonchev–Trinajstić information content (AvgIpc) is 2.18. The highest BCUT2D eigenvalue weighted by molar-refractivity contribution is 5.90. The molecule has 0 fully saturated rings. The number of aldehydes is 2. The molecular weight excluding hydrogens is 170 g/mol. The van der Waals surface area contributed by atoms with Crippen molar-refractivity contribution in [3.8, 4) is 5.75 Å². The maximum atomic E-state index is 10.5. The molecule has 0 radical (unpaired) electrons. The number of rotatable bonds is 3. The molecule has 0 saturated heterocycles. The molecule has 1 rings (SSSR count). The Kier molecular flexibility index (Phi) is 2.64. The van der Waals surface area contributed by atoms with E-state index in [0.717, 1.165) is 0 Å². The zero-order chi connectivity index (χ0) is 9.84. The van der Waals surface area contributed by atoms with Gasteiger partial charge in [0.1, 0.15) is 12.0 Å². The van der Waals surface area contributed by atoms with Crippen molar-refractivity contribution >= 4 is 18.3 Å². The summed E-state index contributed by atoms with van der Waals surface area (Å²) in [6.45, 7) is 0. The van der Waals surface area contributed by atoms with Crippen LogP contribution in [0.1, 0.15) is 20.7 Å². The van der Waals surface area contributed by atoms with E-state index in [9.17, 15) is 9.59 Å². The number of nitrogen functional groups attached to an aromatic ring is 1. The molecule has 1 aromatic carbocycles. The van der Waals surface area contributed by atoms with E-state index in [1.54, 1.807) is 0 Å². The Bertz CT molecular complexity index is 347. The summed E-state index contributed by atoms with van der Waals surface area (Å²) < 4.78 is 4.89. The minimum atomic E-state index is 0.253. The van der Waals surface area contributed by atoms with Gasteiger partial charge in [0.05, 0.1) is 12.8 Å². The van der Waals surface area contributed by atoms with Crippen LogP contribution in [-0.2, 0) is 0 Å². The fraction of sp³-hybridized carbons (Fsp3) is 0.111. The third-order valence-corrected chi connectivity index (χ3v) is 1.68. The molecule has 0 heterocycles. The second-order valence-corrected chi connectivity index (χ2v) is 2.46. The standard InChI is InChI=1S/C9H9NO3/c1-13-8-3-6(4-11)2-7(5-12)9(8)10/h2-5H,10H2,1H3.